The number of hydrogen-bond donors (Lipinski definition) is 2. The van der Waals surface area contributed by atoms with Gasteiger partial charge in [-0.3, -0.25) is 4.99 Å². The van der Waals surface area contributed by atoms with Crippen molar-refractivity contribution in [3.05, 3.63) is 47.6 Å². The summed E-state index contributed by atoms with van der Waals surface area (Å²) in [4.78, 5) is 6.36. The minimum absolute atomic E-state index is 0. The van der Waals surface area contributed by atoms with Crippen LogP contribution in [0.4, 0.5) is 10.1 Å². The molecular weight excluding hydrogens is 448 g/mol. The number of guanidine groups is 1. The summed E-state index contributed by atoms with van der Waals surface area (Å²) >= 11 is 0. The molecule has 1 aliphatic heterocycles. The predicted molar refractivity (Wildman–Crippen MR) is 112 cm³/mol. The topological polar surface area (TPSA) is 65.7 Å². The van der Waals surface area contributed by atoms with Crippen molar-refractivity contribution in [2.45, 2.75) is 32.4 Å². The SMILES string of the molecule is CN=C(NCc1ccon1)NC1CCCN(c2cc(C)ccc2F)C1.I. The van der Waals surface area contributed by atoms with Crippen molar-refractivity contribution in [2.24, 2.45) is 4.99 Å². The molecule has 1 saturated heterocycles. The van der Waals surface area contributed by atoms with Gasteiger partial charge >= 0.3 is 0 Å². The van der Waals surface area contributed by atoms with Crippen LogP contribution in [0.15, 0.2) is 40.0 Å². The van der Waals surface area contributed by atoms with E-state index in [9.17, 15) is 4.39 Å². The number of aryl methyl sites for hydroxylation is 1. The molecule has 1 aromatic carbocycles. The second kappa shape index (κ2) is 9.75. The van der Waals surface area contributed by atoms with Crippen LogP contribution in [-0.2, 0) is 6.54 Å². The zero-order chi connectivity index (χ0) is 17.6. The molecule has 1 aromatic heterocycles. The number of rotatable bonds is 4. The van der Waals surface area contributed by atoms with Gasteiger partial charge in [-0.2, -0.15) is 0 Å². The van der Waals surface area contributed by atoms with Crippen molar-refractivity contribution >= 4 is 35.6 Å². The average molecular weight is 473 g/mol. The highest BCUT2D eigenvalue weighted by molar-refractivity contribution is 14.0. The van der Waals surface area contributed by atoms with Gasteiger partial charge in [0.15, 0.2) is 5.96 Å². The standard InChI is InChI=1S/C18H24FN5O.HI/c1-13-5-6-16(19)17(10-13)24-8-3-4-15(12-24)22-18(20-2)21-11-14-7-9-25-23-14;/h5-7,9-10,15H,3-4,8,11-12H2,1-2H3,(H2,20,21,22);1H. The first-order valence-electron chi connectivity index (χ1n) is 8.53. The average Bonchev–Trinajstić information content (AvgIpc) is 3.14. The van der Waals surface area contributed by atoms with Crippen LogP contribution in [-0.4, -0.2) is 37.3 Å². The quantitative estimate of drug-likeness (QED) is 0.406. The van der Waals surface area contributed by atoms with Gasteiger partial charge in [-0.05, 0) is 37.5 Å². The third kappa shape index (κ3) is 5.33. The fourth-order valence-electron chi connectivity index (χ4n) is 3.07. The Morgan fingerprint density at radius 1 is 1.42 bits per heavy atom. The maximum atomic E-state index is 14.2. The lowest BCUT2D eigenvalue weighted by atomic mass is 10.0. The summed E-state index contributed by atoms with van der Waals surface area (Å²) in [7, 11) is 1.74. The van der Waals surface area contributed by atoms with Crippen LogP contribution in [0.25, 0.3) is 0 Å². The van der Waals surface area contributed by atoms with Crippen molar-refractivity contribution in [1.29, 1.82) is 0 Å². The Bertz CT molecular complexity index is 722. The molecule has 2 aromatic rings. The first-order chi connectivity index (χ1) is 12.2. The molecule has 1 atom stereocenters. The highest BCUT2D eigenvalue weighted by Gasteiger charge is 2.23. The number of aliphatic imine (C=N–C) groups is 1. The molecule has 0 spiro atoms. The van der Waals surface area contributed by atoms with Crippen molar-refractivity contribution in [3.8, 4) is 0 Å². The lowest BCUT2D eigenvalue weighted by Crippen LogP contribution is -2.51. The first kappa shape index (κ1) is 20.5. The van der Waals surface area contributed by atoms with Gasteiger partial charge in [-0.15, -0.1) is 24.0 Å². The lowest BCUT2D eigenvalue weighted by Gasteiger charge is -2.35. The Labute approximate surface area is 170 Å². The van der Waals surface area contributed by atoms with Crippen LogP contribution in [0.2, 0.25) is 0 Å². The second-order valence-corrected chi connectivity index (χ2v) is 6.30. The maximum Gasteiger partial charge on any atom is 0.191 e. The molecule has 2 N–H and O–H groups in total. The van der Waals surface area contributed by atoms with Crippen LogP contribution in [0.3, 0.4) is 0 Å². The van der Waals surface area contributed by atoms with Gasteiger partial charge in [0, 0.05) is 32.2 Å². The Hall–Kier alpha value is -1.84. The number of nitrogens with zero attached hydrogens (tertiary/aromatic N) is 3. The van der Waals surface area contributed by atoms with E-state index in [0.29, 0.717) is 18.2 Å². The van der Waals surface area contributed by atoms with Gasteiger partial charge in [0.2, 0.25) is 0 Å². The molecule has 0 aliphatic carbocycles. The zero-order valence-corrected chi connectivity index (χ0v) is 17.4. The number of hydrogen-bond acceptors (Lipinski definition) is 4. The molecular formula is C18H25FIN5O. The number of benzene rings is 1. The molecule has 3 rings (SSSR count). The molecule has 1 aliphatic rings. The van der Waals surface area contributed by atoms with E-state index in [2.05, 4.69) is 25.7 Å². The molecule has 26 heavy (non-hydrogen) atoms. The summed E-state index contributed by atoms with van der Waals surface area (Å²) in [5.74, 6) is 0.541. The molecule has 1 fully saturated rings. The highest BCUT2D eigenvalue weighted by atomic mass is 127. The van der Waals surface area contributed by atoms with Crippen LogP contribution < -0.4 is 15.5 Å². The molecule has 0 amide bonds. The third-order valence-electron chi connectivity index (χ3n) is 4.36. The molecule has 0 radical (unpaired) electrons. The van der Waals surface area contributed by atoms with Crippen molar-refractivity contribution < 1.29 is 8.91 Å². The van der Waals surface area contributed by atoms with E-state index in [1.54, 1.807) is 25.4 Å². The number of halogens is 2. The molecule has 0 bridgehead atoms. The summed E-state index contributed by atoms with van der Waals surface area (Å²) in [5.41, 5.74) is 2.56. The lowest BCUT2D eigenvalue weighted by molar-refractivity contribution is 0.410. The highest BCUT2D eigenvalue weighted by Crippen LogP contribution is 2.24. The Morgan fingerprint density at radius 2 is 2.27 bits per heavy atom. The van der Waals surface area contributed by atoms with Crippen LogP contribution in [0.5, 0.6) is 0 Å². The van der Waals surface area contributed by atoms with Gasteiger partial charge in [0.25, 0.3) is 0 Å². The van der Waals surface area contributed by atoms with Gasteiger partial charge < -0.3 is 20.1 Å². The van der Waals surface area contributed by atoms with Gasteiger partial charge in [-0.25, -0.2) is 4.39 Å². The van der Waals surface area contributed by atoms with E-state index in [0.717, 1.165) is 37.2 Å². The summed E-state index contributed by atoms with van der Waals surface area (Å²) in [6.07, 6.45) is 3.57. The summed E-state index contributed by atoms with van der Waals surface area (Å²) in [6, 6.07) is 7.27. The molecule has 0 saturated carbocycles. The summed E-state index contributed by atoms with van der Waals surface area (Å²) in [5, 5.41) is 10.5. The Balaban J connectivity index is 0.00000243. The smallest absolute Gasteiger partial charge is 0.191 e. The van der Waals surface area contributed by atoms with E-state index < -0.39 is 0 Å². The third-order valence-corrected chi connectivity index (χ3v) is 4.36. The molecule has 2 heterocycles. The number of aromatic nitrogens is 1. The van der Waals surface area contributed by atoms with Crippen LogP contribution in [0, 0.1) is 12.7 Å². The van der Waals surface area contributed by atoms with Crippen molar-refractivity contribution in [2.75, 3.05) is 25.0 Å². The minimum atomic E-state index is -0.167. The minimum Gasteiger partial charge on any atom is -0.367 e. The number of nitrogens with one attached hydrogen (secondary N) is 2. The summed E-state index contributed by atoms with van der Waals surface area (Å²) in [6.45, 7) is 4.13. The predicted octanol–water partition coefficient (Wildman–Crippen LogP) is 3.07. The molecule has 8 heteroatoms. The van der Waals surface area contributed by atoms with Gasteiger partial charge in [0.1, 0.15) is 17.8 Å². The monoisotopic (exact) mass is 473 g/mol. The van der Waals surface area contributed by atoms with Crippen LogP contribution in [0.1, 0.15) is 24.1 Å². The molecule has 6 nitrogen and oxygen atoms in total. The second-order valence-electron chi connectivity index (χ2n) is 6.30. The Kier molecular flexibility index (Phi) is 7.67. The van der Waals surface area contributed by atoms with E-state index in [4.69, 9.17) is 4.52 Å². The largest absolute Gasteiger partial charge is 0.367 e. The van der Waals surface area contributed by atoms with Gasteiger partial charge in [-0.1, -0.05) is 11.2 Å². The van der Waals surface area contributed by atoms with Crippen molar-refractivity contribution in [1.82, 2.24) is 15.8 Å². The summed E-state index contributed by atoms with van der Waals surface area (Å²) < 4.78 is 19.0. The van der Waals surface area contributed by atoms with Gasteiger partial charge in [0.05, 0.1) is 12.2 Å². The van der Waals surface area contributed by atoms with E-state index >= 15 is 0 Å². The Morgan fingerprint density at radius 3 is 3.00 bits per heavy atom. The van der Waals surface area contributed by atoms with E-state index in [1.807, 2.05) is 19.1 Å². The first-order valence-corrected chi connectivity index (χ1v) is 8.53. The van der Waals surface area contributed by atoms with Crippen LogP contribution >= 0.6 is 24.0 Å². The fourth-order valence-corrected chi connectivity index (χ4v) is 3.07. The van der Waals surface area contributed by atoms with Crippen molar-refractivity contribution in [3.63, 3.8) is 0 Å². The fraction of sp³-hybridized carbons (Fsp3) is 0.444. The molecule has 142 valence electrons. The van der Waals surface area contributed by atoms with E-state index in [-0.39, 0.29) is 35.8 Å². The number of piperidine rings is 1. The molecule has 1 unspecified atom stereocenters. The van der Waals surface area contributed by atoms with E-state index in [1.165, 1.54) is 0 Å². The normalized spacial score (nSPS) is 17.6. The zero-order valence-electron chi connectivity index (χ0n) is 15.0. The maximum absolute atomic E-state index is 14.2. The number of anilines is 1.